The Morgan fingerprint density at radius 1 is 1.37 bits per heavy atom. The van der Waals surface area contributed by atoms with Gasteiger partial charge in [0.15, 0.2) is 0 Å². The predicted octanol–water partition coefficient (Wildman–Crippen LogP) is 4.22. The molecule has 2 nitrogen and oxygen atoms in total. The molecule has 1 N–H and O–H groups in total. The Kier molecular flexibility index (Phi) is 5.40. The first-order valence-corrected chi connectivity index (χ1v) is 6.97. The molecule has 1 aromatic rings. The summed E-state index contributed by atoms with van der Waals surface area (Å²) < 4.78 is 29.0. The summed E-state index contributed by atoms with van der Waals surface area (Å²) in [5, 5.41) is 3.77. The van der Waals surface area contributed by atoms with Gasteiger partial charge in [0.2, 0.25) is 0 Å². The average Bonchev–Trinajstić information content (AvgIpc) is 3.15. The van der Waals surface area contributed by atoms with Crippen LogP contribution in [0.15, 0.2) is 18.2 Å². The molecule has 5 heteroatoms. The molecule has 0 radical (unpaired) electrons. The Labute approximate surface area is 117 Å². The maximum atomic E-state index is 12.3. The number of rotatable bonds is 8. The van der Waals surface area contributed by atoms with E-state index in [9.17, 15) is 8.78 Å². The minimum Gasteiger partial charge on any atom is -0.434 e. The van der Waals surface area contributed by atoms with Gasteiger partial charge in [0.25, 0.3) is 0 Å². The van der Waals surface area contributed by atoms with Gasteiger partial charge in [0, 0.05) is 17.1 Å². The summed E-state index contributed by atoms with van der Waals surface area (Å²) in [6.07, 6.45) is 5.10. The van der Waals surface area contributed by atoms with E-state index in [1.165, 1.54) is 25.3 Å². The van der Waals surface area contributed by atoms with Gasteiger partial charge in [-0.1, -0.05) is 24.4 Å². The van der Waals surface area contributed by atoms with Gasteiger partial charge in [-0.05, 0) is 43.5 Å². The lowest BCUT2D eigenvalue weighted by atomic mass is 10.2. The molecule has 2 rings (SSSR count). The normalized spacial score (nSPS) is 14.9. The van der Waals surface area contributed by atoms with Crippen molar-refractivity contribution >= 4 is 11.6 Å². The summed E-state index contributed by atoms with van der Waals surface area (Å²) in [7, 11) is 0. The van der Waals surface area contributed by atoms with Gasteiger partial charge in [0.1, 0.15) is 5.75 Å². The van der Waals surface area contributed by atoms with E-state index < -0.39 is 6.61 Å². The summed E-state index contributed by atoms with van der Waals surface area (Å²) in [5.74, 6) is 1.11. The van der Waals surface area contributed by atoms with Crippen LogP contribution in [0.4, 0.5) is 8.78 Å². The average molecular weight is 290 g/mol. The van der Waals surface area contributed by atoms with Gasteiger partial charge >= 0.3 is 6.61 Å². The quantitative estimate of drug-likeness (QED) is 0.724. The Hall–Kier alpha value is -0.870. The lowest BCUT2D eigenvalue weighted by Crippen LogP contribution is -2.16. The van der Waals surface area contributed by atoms with Gasteiger partial charge in [0.05, 0.1) is 0 Å². The molecule has 1 aliphatic rings. The maximum Gasteiger partial charge on any atom is 0.387 e. The van der Waals surface area contributed by atoms with Gasteiger partial charge in [-0.2, -0.15) is 8.78 Å². The highest BCUT2D eigenvalue weighted by Gasteiger charge is 2.19. The van der Waals surface area contributed by atoms with E-state index >= 15 is 0 Å². The molecule has 0 unspecified atom stereocenters. The van der Waals surface area contributed by atoms with Crippen LogP contribution in [0.1, 0.15) is 31.2 Å². The molecular weight excluding hydrogens is 272 g/mol. The molecule has 106 valence electrons. The van der Waals surface area contributed by atoms with E-state index in [0.717, 1.165) is 18.9 Å². The van der Waals surface area contributed by atoms with Crippen molar-refractivity contribution in [1.29, 1.82) is 0 Å². The summed E-state index contributed by atoms with van der Waals surface area (Å²) in [5.41, 5.74) is 0.666. The highest BCUT2D eigenvalue weighted by Crippen LogP contribution is 2.33. The third-order valence-electron chi connectivity index (χ3n) is 3.22. The first-order chi connectivity index (χ1) is 9.15. The van der Waals surface area contributed by atoms with Crippen LogP contribution in [0.5, 0.6) is 5.75 Å². The molecule has 1 aromatic carbocycles. The van der Waals surface area contributed by atoms with Gasteiger partial charge < -0.3 is 10.1 Å². The molecule has 1 fully saturated rings. The van der Waals surface area contributed by atoms with Crippen LogP contribution in [0.25, 0.3) is 0 Å². The van der Waals surface area contributed by atoms with Crippen molar-refractivity contribution in [1.82, 2.24) is 5.32 Å². The van der Waals surface area contributed by atoms with E-state index in [4.69, 9.17) is 11.6 Å². The number of nitrogens with one attached hydrogen (secondary N) is 1. The van der Waals surface area contributed by atoms with E-state index in [1.54, 1.807) is 12.1 Å². The fourth-order valence-corrected chi connectivity index (χ4v) is 2.24. The molecule has 0 atom stereocenters. The number of halogens is 3. The molecule has 0 amide bonds. The molecule has 0 heterocycles. The molecule has 1 saturated carbocycles. The monoisotopic (exact) mass is 289 g/mol. The van der Waals surface area contributed by atoms with Crippen LogP contribution < -0.4 is 10.1 Å². The molecule has 0 spiro atoms. The summed E-state index contributed by atoms with van der Waals surface area (Å²) >= 11 is 5.87. The van der Waals surface area contributed by atoms with Crippen molar-refractivity contribution in [3.8, 4) is 5.75 Å². The second kappa shape index (κ2) is 7.06. The number of hydrogen-bond acceptors (Lipinski definition) is 2. The first kappa shape index (κ1) is 14.5. The molecule has 0 aliphatic heterocycles. The number of alkyl halides is 2. The fourth-order valence-electron chi connectivity index (χ4n) is 2.04. The van der Waals surface area contributed by atoms with E-state index in [0.29, 0.717) is 17.1 Å². The van der Waals surface area contributed by atoms with Crippen molar-refractivity contribution in [2.75, 3.05) is 6.54 Å². The Balaban J connectivity index is 1.80. The highest BCUT2D eigenvalue weighted by atomic mass is 35.5. The van der Waals surface area contributed by atoms with Gasteiger partial charge in [-0.15, -0.1) is 0 Å². The summed E-state index contributed by atoms with van der Waals surface area (Å²) in [4.78, 5) is 0. The molecule has 0 saturated heterocycles. The number of benzene rings is 1. The largest absolute Gasteiger partial charge is 0.434 e. The third-order valence-corrected chi connectivity index (χ3v) is 3.45. The Morgan fingerprint density at radius 3 is 2.84 bits per heavy atom. The van der Waals surface area contributed by atoms with Crippen LogP contribution in [0.3, 0.4) is 0 Å². The second-order valence-corrected chi connectivity index (χ2v) is 5.33. The standard InChI is InChI=1S/C14H18ClF2NO/c15-12-5-6-13(19-14(16)17)11(8-12)9-18-7-1-2-10-3-4-10/h5-6,8,10,14,18H,1-4,7,9H2. The zero-order valence-corrected chi connectivity index (χ0v) is 11.4. The topological polar surface area (TPSA) is 21.3 Å². The molecule has 0 aromatic heterocycles. The van der Waals surface area contributed by atoms with Crippen molar-refractivity contribution in [2.45, 2.75) is 38.8 Å². The minimum absolute atomic E-state index is 0.189. The smallest absolute Gasteiger partial charge is 0.387 e. The van der Waals surface area contributed by atoms with Crippen molar-refractivity contribution < 1.29 is 13.5 Å². The predicted molar refractivity (Wildman–Crippen MR) is 71.7 cm³/mol. The number of ether oxygens (including phenoxy) is 1. The Bertz CT molecular complexity index is 410. The van der Waals surface area contributed by atoms with Crippen LogP contribution in [-0.2, 0) is 6.54 Å². The van der Waals surface area contributed by atoms with Crippen molar-refractivity contribution in [2.24, 2.45) is 5.92 Å². The molecule has 1 aliphatic carbocycles. The Morgan fingerprint density at radius 2 is 2.16 bits per heavy atom. The van der Waals surface area contributed by atoms with Crippen LogP contribution in [0.2, 0.25) is 5.02 Å². The highest BCUT2D eigenvalue weighted by molar-refractivity contribution is 6.30. The zero-order valence-electron chi connectivity index (χ0n) is 10.7. The fraction of sp³-hybridized carbons (Fsp3) is 0.571. The molecule has 0 bridgehead atoms. The lowest BCUT2D eigenvalue weighted by Gasteiger charge is -2.12. The molecule has 19 heavy (non-hydrogen) atoms. The van der Waals surface area contributed by atoms with E-state index in [-0.39, 0.29) is 5.75 Å². The zero-order chi connectivity index (χ0) is 13.7. The van der Waals surface area contributed by atoms with Crippen LogP contribution in [-0.4, -0.2) is 13.2 Å². The summed E-state index contributed by atoms with van der Waals surface area (Å²) in [6, 6.07) is 4.69. The van der Waals surface area contributed by atoms with Gasteiger partial charge in [-0.25, -0.2) is 0 Å². The first-order valence-electron chi connectivity index (χ1n) is 6.59. The lowest BCUT2D eigenvalue weighted by molar-refractivity contribution is -0.0504. The third kappa shape index (κ3) is 5.33. The van der Waals surface area contributed by atoms with Crippen molar-refractivity contribution in [3.05, 3.63) is 28.8 Å². The van der Waals surface area contributed by atoms with Crippen LogP contribution in [0, 0.1) is 5.92 Å². The maximum absolute atomic E-state index is 12.3. The second-order valence-electron chi connectivity index (χ2n) is 4.89. The SMILES string of the molecule is FC(F)Oc1ccc(Cl)cc1CNCCCC1CC1. The van der Waals surface area contributed by atoms with Crippen LogP contribution >= 0.6 is 11.6 Å². The van der Waals surface area contributed by atoms with Crippen molar-refractivity contribution in [3.63, 3.8) is 0 Å². The van der Waals surface area contributed by atoms with E-state index in [2.05, 4.69) is 10.1 Å². The number of hydrogen-bond donors (Lipinski definition) is 1. The van der Waals surface area contributed by atoms with E-state index in [1.807, 2.05) is 0 Å². The van der Waals surface area contributed by atoms with Gasteiger partial charge in [-0.3, -0.25) is 0 Å². The minimum atomic E-state index is -2.81. The summed E-state index contributed by atoms with van der Waals surface area (Å²) in [6.45, 7) is -1.43. The molecular formula is C14H18ClF2NO.